The van der Waals surface area contributed by atoms with Crippen molar-refractivity contribution in [3.8, 4) is 5.75 Å². The lowest BCUT2D eigenvalue weighted by Gasteiger charge is -2.14. The summed E-state index contributed by atoms with van der Waals surface area (Å²) >= 11 is 7.75. The second kappa shape index (κ2) is 6.34. The fraction of sp³-hybridized carbons (Fsp3) is 0.438. The second-order valence-electron chi connectivity index (χ2n) is 6.03. The maximum absolute atomic E-state index is 9.52. The quantitative estimate of drug-likeness (QED) is 0.884. The van der Waals surface area contributed by atoms with Gasteiger partial charge in [-0.3, -0.25) is 0 Å². The molecule has 0 fully saturated rings. The van der Waals surface area contributed by atoms with Crippen molar-refractivity contribution >= 4 is 22.9 Å². The molecule has 0 aliphatic heterocycles. The van der Waals surface area contributed by atoms with Crippen LogP contribution in [0.5, 0.6) is 5.75 Å². The van der Waals surface area contributed by atoms with Crippen LogP contribution in [0.15, 0.2) is 23.6 Å². The summed E-state index contributed by atoms with van der Waals surface area (Å²) < 4.78 is 5.72. The van der Waals surface area contributed by atoms with Crippen LogP contribution in [-0.2, 0) is 12.0 Å². The summed E-state index contributed by atoms with van der Waals surface area (Å²) in [6.07, 6.45) is -0.537. The Kier molecular flexibility index (Phi) is 4.91. The van der Waals surface area contributed by atoms with Crippen LogP contribution in [0.25, 0.3) is 0 Å². The summed E-state index contributed by atoms with van der Waals surface area (Å²) in [4.78, 5) is 4.58. The number of hydrogen-bond donors (Lipinski definition) is 1. The monoisotopic (exact) mass is 325 g/mol. The Labute approximate surface area is 134 Å². The molecule has 0 amide bonds. The summed E-state index contributed by atoms with van der Waals surface area (Å²) in [7, 11) is 0. The van der Waals surface area contributed by atoms with E-state index in [0.29, 0.717) is 17.4 Å². The highest BCUT2D eigenvalue weighted by atomic mass is 35.5. The first kappa shape index (κ1) is 16.3. The molecule has 21 heavy (non-hydrogen) atoms. The molecule has 0 saturated heterocycles. The van der Waals surface area contributed by atoms with Crippen LogP contribution in [-0.4, -0.2) is 10.1 Å². The third kappa shape index (κ3) is 4.19. The Bertz CT molecular complexity index is 617. The number of aliphatic hydroxyl groups is 1. The highest BCUT2D eigenvalue weighted by molar-refractivity contribution is 7.09. The van der Waals surface area contributed by atoms with Gasteiger partial charge in [-0.25, -0.2) is 4.98 Å². The molecule has 1 N–H and O–H groups in total. The fourth-order valence-electron chi connectivity index (χ4n) is 1.76. The van der Waals surface area contributed by atoms with E-state index in [0.717, 1.165) is 16.3 Å². The first-order chi connectivity index (χ1) is 9.77. The molecule has 2 rings (SSSR count). The summed E-state index contributed by atoms with van der Waals surface area (Å²) in [5.74, 6) is 0.605. The number of ether oxygens (including phenoxy) is 1. The number of hydrogen-bond acceptors (Lipinski definition) is 4. The van der Waals surface area contributed by atoms with Crippen molar-refractivity contribution in [1.29, 1.82) is 0 Å². The lowest BCUT2D eigenvalue weighted by molar-refractivity contribution is 0.199. The molecule has 2 aromatic rings. The van der Waals surface area contributed by atoms with Gasteiger partial charge in [-0.1, -0.05) is 38.4 Å². The van der Waals surface area contributed by atoms with Crippen LogP contribution < -0.4 is 4.74 Å². The van der Waals surface area contributed by atoms with Gasteiger partial charge in [0, 0.05) is 10.8 Å². The SMILES string of the molecule is CC(O)c1ccc(OCc2nc(C(C)(C)C)cs2)c(Cl)c1. The average molecular weight is 326 g/mol. The van der Waals surface area contributed by atoms with Gasteiger partial charge in [0.2, 0.25) is 0 Å². The van der Waals surface area contributed by atoms with Gasteiger partial charge in [0.05, 0.1) is 16.8 Å². The summed E-state index contributed by atoms with van der Waals surface area (Å²) in [6.45, 7) is 8.51. The molecule has 3 nitrogen and oxygen atoms in total. The van der Waals surface area contributed by atoms with E-state index < -0.39 is 6.10 Å². The molecule has 1 aromatic carbocycles. The van der Waals surface area contributed by atoms with Crippen molar-refractivity contribution in [2.24, 2.45) is 0 Å². The summed E-state index contributed by atoms with van der Waals surface area (Å²) in [5.41, 5.74) is 1.89. The number of thiazole rings is 1. The second-order valence-corrected chi connectivity index (χ2v) is 7.38. The molecule has 0 saturated carbocycles. The zero-order valence-corrected chi connectivity index (χ0v) is 14.3. The van der Waals surface area contributed by atoms with Crippen LogP contribution in [0.1, 0.15) is 50.1 Å². The average Bonchev–Trinajstić information content (AvgIpc) is 2.85. The van der Waals surface area contributed by atoms with E-state index in [9.17, 15) is 5.11 Å². The van der Waals surface area contributed by atoms with Crippen molar-refractivity contribution < 1.29 is 9.84 Å². The van der Waals surface area contributed by atoms with Crippen LogP contribution in [0.3, 0.4) is 0 Å². The van der Waals surface area contributed by atoms with E-state index in [1.54, 1.807) is 30.4 Å². The van der Waals surface area contributed by atoms with Gasteiger partial charge in [-0.2, -0.15) is 0 Å². The first-order valence-corrected chi connectivity index (χ1v) is 8.08. The minimum atomic E-state index is -0.537. The van der Waals surface area contributed by atoms with Gasteiger partial charge in [0.15, 0.2) is 0 Å². The normalized spacial score (nSPS) is 13.2. The summed E-state index contributed by atoms with van der Waals surface area (Å²) in [6, 6.07) is 5.32. The van der Waals surface area contributed by atoms with Crippen molar-refractivity contribution in [1.82, 2.24) is 4.98 Å². The van der Waals surface area contributed by atoms with Crippen molar-refractivity contribution in [3.63, 3.8) is 0 Å². The third-order valence-corrected chi connectivity index (χ3v) is 4.23. The standard InChI is InChI=1S/C16H20ClNO2S/c1-10(19)11-5-6-13(12(17)7-11)20-8-15-18-14(9-21-15)16(2,3)4/h5-7,9-10,19H,8H2,1-4H3. The highest BCUT2D eigenvalue weighted by Crippen LogP contribution is 2.29. The largest absolute Gasteiger partial charge is 0.485 e. The van der Waals surface area contributed by atoms with E-state index >= 15 is 0 Å². The zero-order valence-electron chi connectivity index (χ0n) is 12.7. The van der Waals surface area contributed by atoms with Crippen LogP contribution in [0.2, 0.25) is 5.02 Å². The van der Waals surface area contributed by atoms with Gasteiger partial charge in [0.1, 0.15) is 17.4 Å². The van der Waals surface area contributed by atoms with Crippen LogP contribution >= 0.6 is 22.9 Å². The number of aromatic nitrogens is 1. The molecule has 0 aliphatic carbocycles. The number of aliphatic hydroxyl groups excluding tert-OH is 1. The smallest absolute Gasteiger partial charge is 0.140 e. The molecule has 1 aromatic heterocycles. The van der Waals surface area contributed by atoms with Gasteiger partial charge in [-0.05, 0) is 24.6 Å². The number of rotatable bonds is 4. The predicted octanol–water partition coefficient (Wildman–Crippen LogP) is 4.73. The number of benzene rings is 1. The number of halogens is 1. The maximum atomic E-state index is 9.52. The van der Waals surface area contributed by atoms with E-state index in [2.05, 4.69) is 31.1 Å². The molecule has 114 valence electrons. The van der Waals surface area contributed by atoms with Gasteiger partial charge in [0.25, 0.3) is 0 Å². The highest BCUT2D eigenvalue weighted by Gasteiger charge is 2.17. The van der Waals surface area contributed by atoms with Gasteiger partial charge >= 0.3 is 0 Å². The van der Waals surface area contributed by atoms with Crippen molar-refractivity contribution in [2.45, 2.75) is 45.8 Å². The van der Waals surface area contributed by atoms with Gasteiger partial charge < -0.3 is 9.84 Å². The molecular formula is C16H20ClNO2S. The Balaban J connectivity index is 2.05. The lowest BCUT2D eigenvalue weighted by atomic mass is 9.93. The Morgan fingerprint density at radius 3 is 2.62 bits per heavy atom. The fourth-order valence-corrected chi connectivity index (χ4v) is 2.93. The van der Waals surface area contributed by atoms with E-state index in [4.69, 9.17) is 16.3 Å². The molecular weight excluding hydrogens is 306 g/mol. The Morgan fingerprint density at radius 2 is 2.10 bits per heavy atom. The molecule has 0 aliphatic rings. The first-order valence-electron chi connectivity index (χ1n) is 6.82. The third-order valence-electron chi connectivity index (χ3n) is 3.11. The summed E-state index contributed by atoms with van der Waals surface area (Å²) in [5, 5.41) is 13.0. The molecule has 0 radical (unpaired) electrons. The van der Waals surface area contributed by atoms with E-state index in [1.807, 2.05) is 6.07 Å². The minimum Gasteiger partial charge on any atom is -0.485 e. The maximum Gasteiger partial charge on any atom is 0.140 e. The zero-order chi connectivity index (χ0) is 15.6. The van der Waals surface area contributed by atoms with E-state index in [1.165, 1.54) is 0 Å². The van der Waals surface area contributed by atoms with Crippen molar-refractivity contribution in [3.05, 3.63) is 44.9 Å². The van der Waals surface area contributed by atoms with Gasteiger partial charge in [-0.15, -0.1) is 11.3 Å². The molecule has 0 spiro atoms. The molecule has 0 bridgehead atoms. The molecule has 1 heterocycles. The lowest BCUT2D eigenvalue weighted by Crippen LogP contribution is -2.11. The molecule has 1 atom stereocenters. The van der Waals surface area contributed by atoms with Crippen LogP contribution in [0, 0.1) is 0 Å². The molecule has 5 heteroatoms. The topological polar surface area (TPSA) is 42.4 Å². The molecule has 1 unspecified atom stereocenters. The van der Waals surface area contributed by atoms with E-state index in [-0.39, 0.29) is 5.41 Å². The Morgan fingerprint density at radius 1 is 1.38 bits per heavy atom. The minimum absolute atomic E-state index is 0.0469. The predicted molar refractivity (Wildman–Crippen MR) is 87.2 cm³/mol. The van der Waals surface area contributed by atoms with Crippen LogP contribution in [0.4, 0.5) is 0 Å². The van der Waals surface area contributed by atoms with Crippen molar-refractivity contribution in [2.75, 3.05) is 0 Å². The Hall–Kier alpha value is -1.10. The number of nitrogens with zero attached hydrogens (tertiary/aromatic N) is 1.